The molecule has 0 heterocycles. The Morgan fingerprint density at radius 1 is 1.26 bits per heavy atom. The molecule has 1 N–H and O–H groups in total. The van der Waals surface area contributed by atoms with Crippen molar-refractivity contribution < 1.29 is 4.79 Å². The molecule has 104 valence electrons. The Bertz CT molecular complexity index is 411. The second kappa shape index (κ2) is 6.23. The van der Waals surface area contributed by atoms with Crippen LogP contribution in [0.15, 0.2) is 30.3 Å². The summed E-state index contributed by atoms with van der Waals surface area (Å²) < 4.78 is 0. The largest absolute Gasteiger partial charge is 0.353 e. The van der Waals surface area contributed by atoms with Crippen molar-refractivity contribution in [1.29, 1.82) is 0 Å². The molecule has 2 heteroatoms. The first-order valence-corrected chi connectivity index (χ1v) is 7.48. The third kappa shape index (κ3) is 3.59. The lowest BCUT2D eigenvalue weighted by Gasteiger charge is -2.25. The van der Waals surface area contributed by atoms with Crippen molar-refractivity contribution in [3.63, 3.8) is 0 Å². The fraction of sp³-hybridized carbons (Fsp3) is 0.588. The Balaban J connectivity index is 2.10. The first-order valence-electron chi connectivity index (χ1n) is 7.48. The van der Waals surface area contributed by atoms with Gasteiger partial charge in [0.2, 0.25) is 5.91 Å². The monoisotopic (exact) mass is 259 g/mol. The maximum Gasteiger partial charge on any atom is 0.228 e. The summed E-state index contributed by atoms with van der Waals surface area (Å²) in [5.41, 5.74) is 1.14. The van der Waals surface area contributed by atoms with E-state index in [9.17, 15) is 4.79 Å². The molecular formula is C17H25NO. The average molecular weight is 259 g/mol. The molecule has 0 aliphatic heterocycles. The Kier molecular flexibility index (Phi) is 4.62. The van der Waals surface area contributed by atoms with E-state index >= 15 is 0 Å². The summed E-state index contributed by atoms with van der Waals surface area (Å²) in [6.07, 6.45) is 3.55. The topological polar surface area (TPSA) is 29.1 Å². The molecule has 3 atom stereocenters. The van der Waals surface area contributed by atoms with Crippen LogP contribution in [0.5, 0.6) is 0 Å². The van der Waals surface area contributed by atoms with Gasteiger partial charge in [-0.25, -0.2) is 0 Å². The van der Waals surface area contributed by atoms with Crippen molar-refractivity contribution in [1.82, 2.24) is 5.32 Å². The minimum atomic E-state index is -0.0209. The highest BCUT2D eigenvalue weighted by molar-refractivity contribution is 5.84. The summed E-state index contributed by atoms with van der Waals surface area (Å²) in [7, 11) is 0. The molecule has 1 amide bonds. The van der Waals surface area contributed by atoms with Gasteiger partial charge in [0.15, 0.2) is 0 Å². The number of hydrogen-bond acceptors (Lipinski definition) is 1. The van der Waals surface area contributed by atoms with Crippen LogP contribution in [0, 0.1) is 11.8 Å². The highest BCUT2D eigenvalue weighted by Gasteiger charge is 2.32. The molecule has 0 aromatic heterocycles. The van der Waals surface area contributed by atoms with Crippen molar-refractivity contribution in [2.45, 2.75) is 52.0 Å². The standard InChI is InChI=1S/C17H25NO/c1-4-12(2)16(15-8-6-5-7-9-15)17(19)18-13(3)14-10-11-14/h5-9,12-14,16H,4,10-11H2,1-3H3,(H,18,19). The zero-order valence-corrected chi connectivity index (χ0v) is 12.2. The van der Waals surface area contributed by atoms with Crippen molar-refractivity contribution in [2.75, 3.05) is 0 Å². The van der Waals surface area contributed by atoms with E-state index in [0.29, 0.717) is 17.9 Å². The van der Waals surface area contributed by atoms with Gasteiger partial charge in [-0.1, -0.05) is 50.6 Å². The van der Waals surface area contributed by atoms with E-state index in [2.05, 4.69) is 38.2 Å². The molecule has 0 spiro atoms. The molecule has 2 rings (SSSR count). The molecule has 1 aromatic rings. The second-order valence-electron chi connectivity index (χ2n) is 5.91. The van der Waals surface area contributed by atoms with Gasteiger partial charge in [-0.05, 0) is 37.2 Å². The van der Waals surface area contributed by atoms with Crippen LogP contribution in [0.3, 0.4) is 0 Å². The molecule has 0 radical (unpaired) electrons. The molecule has 2 nitrogen and oxygen atoms in total. The zero-order valence-electron chi connectivity index (χ0n) is 12.2. The third-order valence-corrected chi connectivity index (χ3v) is 4.35. The van der Waals surface area contributed by atoms with E-state index in [0.717, 1.165) is 12.0 Å². The minimum Gasteiger partial charge on any atom is -0.353 e. The smallest absolute Gasteiger partial charge is 0.228 e. The van der Waals surface area contributed by atoms with Crippen molar-refractivity contribution in [2.24, 2.45) is 11.8 Å². The first-order chi connectivity index (χ1) is 9.13. The molecule has 0 saturated heterocycles. The van der Waals surface area contributed by atoms with Gasteiger partial charge in [-0.3, -0.25) is 4.79 Å². The lowest BCUT2D eigenvalue weighted by Crippen LogP contribution is -2.39. The van der Waals surface area contributed by atoms with E-state index < -0.39 is 0 Å². The van der Waals surface area contributed by atoms with Crippen LogP contribution in [0.1, 0.15) is 51.5 Å². The van der Waals surface area contributed by atoms with Crippen LogP contribution >= 0.6 is 0 Å². The number of benzene rings is 1. The van der Waals surface area contributed by atoms with Crippen LogP contribution in [0.2, 0.25) is 0 Å². The van der Waals surface area contributed by atoms with Crippen LogP contribution in [0.4, 0.5) is 0 Å². The van der Waals surface area contributed by atoms with Gasteiger partial charge in [-0.15, -0.1) is 0 Å². The second-order valence-corrected chi connectivity index (χ2v) is 5.91. The number of nitrogens with one attached hydrogen (secondary N) is 1. The maximum absolute atomic E-state index is 12.6. The molecule has 1 saturated carbocycles. The number of hydrogen-bond donors (Lipinski definition) is 1. The lowest BCUT2D eigenvalue weighted by atomic mass is 9.84. The number of carbonyl (C=O) groups is 1. The van der Waals surface area contributed by atoms with Crippen molar-refractivity contribution >= 4 is 5.91 Å². The number of amides is 1. The van der Waals surface area contributed by atoms with Gasteiger partial charge in [0.25, 0.3) is 0 Å². The highest BCUT2D eigenvalue weighted by atomic mass is 16.2. The molecule has 1 aliphatic carbocycles. The van der Waals surface area contributed by atoms with Gasteiger partial charge in [0.1, 0.15) is 0 Å². The first kappa shape index (κ1) is 14.1. The van der Waals surface area contributed by atoms with Crippen molar-refractivity contribution in [3.8, 4) is 0 Å². The van der Waals surface area contributed by atoms with Crippen molar-refractivity contribution in [3.05, 3.63) is 35.9 Å². The van der Waals surface area contributed by atoms with E-state index in [4.69, 9.17) is 0 Å². The fourth-order valence-corrected chi connectivity index (χ4v) is 2.66. The highest BCUT2D eigenvalue weighted by Crippen LogP contribution is 2.33. The van der Waals surface area contributed by atoms with E-state index in [1.165, 1.54) is 12.8 Å². The van der Waals surface area contributed by atoms with Gasteiger partial charge in [-0.2, -0.15) is 0 Å². The Hall–Kier alpha value is -1.31. The SMILES string of the molecule is CCC(C)C(C(=O)NC(C)C1CC1)c1ccccc1. The lowest BCUT2D eigenvalue weighted by molar-refractivity contribution is -0.124. The molecule has 3 unspecified atom stereocenters. The fourth-order valence-electron chi connectivity index (χ4n) is 2.66. The summed E-state index contributed by atoms with van der Waals surface area (Å²) in [5.74, 6) is 1.25. The third-order valence-electron chi connectivity index (χ3n) is 4.35. The number of rotatable bonds is 6. The molecule has 19 heavy (non-hydrogen) atoms. The van der Waals surface area contributed by atoms with E-state index in [1.54, 1.807) is 0 Å². The predicted molar refractivity (Wildman–Crippen MR) is 79.0 cm³/mol. The molecule has 1 aromatic carbocycles. The molecule has 1 aliphatic rings. The van der Waals surface area contributed by atoms with Crippen LogP contribution in [-0.4, -0.2) is 11.9 Å². The van der Waals surface area contributed by atoms with Gasteiger partial charge in [0, 0.05) is 6.04 Å². The van der Waals surface area contributed by atoms with Crippen LogP contribution < -0.4 is 5.32 Å². The van der Waals surface area contributed by atoms with Crippen LogP contribution in [0.25, 0.3) is 0 Å². The molecular weight excluding hydrogens is 234 g/mol. The summed E-state index contributed by atoms with van der Waals surface area (Å²) >= 11 is 0. The molecule has 1 fully saturated rings. The normalized spacial score (nSPS) is 19.5. The van der Waals surface area contributed by atoms with E-state index in [1.807, 2.05) is 18.2 Å². The minimum absolute atomic E-state index is 0.0209. The number of carbonyl (C=O) groups excluding carboxylic acids is 1. The Morgan fingerprint density at radius 2 is 1.89 bits per heavy atom. The Morgan fingerprint density at radius 3 is 2.42 bits per heavy atom. The van der Waals surface area contributed by atoms with Gasteiger partial charge in [0.05, 0.1) is 5.92 Å². The Labute approximate surface area is 116 Å². The van der Waals surface area contributed by atoms with Gasteiger partial charge < -0.3 is 5.32 Å². The van der Waals surface area contributed by atoms with Gasteiger partial charge >= 0.3 is 0 Å². The molecule has 0 bridgehead atoms. The van der Waals surface area contributed by atoms with E-state index in [-0.39, 0.29) is 11.8 Å². The summed E-state index contributed by atoms with van der Waals surface area (Å²) in [6, 6.07) is 10.5. The average Bonchev–Trinajstić information content (AvgIpc) is 3.24. The quantitative estimate of drug-likeness (QED) is 0.828. The predicted octanol–water partition coefficient (Wildman–Crippen LogP) is 3.73. The summed E-state index contributed by atoms with van der Waals surface area (Å²) in [6.45, 7) is 6.45. The summed E-state index contributed by atoms with van der Waals surface area (Å²) in [5, 5.41) is 3.22. The maximum atomic E-state index is 12.6. The van der Waals surface area contributed by atoms with Crippen LogP contribution in [-0.2, 0) is 4.79 Å². The zero-order chi connectivity index (χ0) is 13.8. The summed E-state index contributed by atoms with van der Waals surface area (Å²) in [4.78, 5) is 12.6.